The zero-order chi connectivity index (χ0) is 26.2. The van der Waals surface area contributed by atoms with Crippen molar-refractivity contribution in [2.24, 2.45) is 5.73 Å². The molecule has 4 aromatic carbocycles. The largest absolute Gasteiger partial charge is 0.491 e. The molecule has 0 amide bonds. The number of sulfone groups is 1. The van der Waals surface area contributed by atoms with Crippen LogP contribution in [0, 0.1) is 5.82 Å². The third-order valence-electron chi connectivity index (χ3n) is 6.09. The van der Waals surface area contributed by atoms with Crippen LogP contribution in [0.4, 0.5) is 4.39 Å². The Labute approximate surface area is 219 Å². The molecule has 0 fully saturated rings. The first-order valence-corrected chi connectivity index (χ1v) is 13.7. The Kier molecular flexibility index (Phi) is 6.90. The molecule has 9 heteroatoms. The van der Waals surface area contributed by atoms with E-state index in [9.17, 15) is 12.8 Å². The third kappa shape index (κ3) is 5.05. The molecule has 37 heavy (non-hydrogen) atoms. The van der Waals surface area contributed by atoms with E-state index in [0.29, 0.717) is 22.3 Å². The van der Waals surface area contributed by atoms with Crippen LogP contribution in [0.2, 0.25) is 5.02 Å². The fraction of sp³-hybridized carbons (Fsp3) is 0.179. The number of nitrogens with zero attached hydrogens (tertiary/aromatic N) is 2. The number of benzene rings is 4. The Morgan fingerprint density at radius 3 is 2.57 bits per heavy atom. The first-order chi connectivity index (χ1) is 17.7. The van der Waals surface area contributed by atoms with E-state index < -0.39 is 15.7 Å². The normalized spacial score (nSPS) is 12.8. The number of aromatic nitrogens is 2. The van der Waals surface area contributed by atoms with E-state index >= 15 is 0 Å². The van der Waals surface area contributed by atoms with Gasteiger partial charge in [0.05, 0.1) is 18.0 Å². The highest BCUT2D eigenvalue weighted by molar-refractivity contribution is 7.91. The van der Waals surface area contributed by atoms with Gasteiger partial charge in [0, 0.05) is 27.9 Å². The molecule has 0 aliphatic rings. The predicted octanol–water partition coefficient (Wildman–Crippen LogP) is 5.98. The molecule has 190 valence electrons. The molecule has 0 aliphatic heterocycles. The molecule has 5 aromatic rings. The molecule has 1 aromatic heterocycles. The van der Waals surface area contributed by atoms with Crippen LogP contribution in [0.5, 0.6) is 5.75 Å². The second kappa shape index (κ2) is 10.1. The van der Waals surface area contributed by atoms with E-state index in [1.165, 1.54) is 16.8 Å². The van der Waals surface area contributed by atoms with Crippen molar-refractivity contribution in [2.75, 3.05) is 6.61 Å². The first kappa shape index (κ1) is 25.2. The molecule has 0 radical (unpaired) electrons. The van der Waals surface area contributed by atoms with Crippen molar-refractivity contribution in [1.29, 1.82) is 0 Å². The number of hydrogen-bond donors (Lipinski definition) is 1. The Morgan fingerprint density at radius 2 is 1.78 bits per heavy atom. The van der Waals surface area contributed by atoms with Gasteiger partial charge in [-0.2, -0.15) is 5.10 Å². The SMILES string of the molecule is CC(N)CCOc1cc(F)cc2c(S(=O)(=O)c3cccc4ccccc34)nn(Cc3cccc(Cl)c3)c12. The lowest BCUT2D eigenvalue weighted by Gasteiger charge is -2.12. The van der Waals surface area contributed by atoms with E-state index in [2.05, 4.69) is 5.10 Å². The van der Waals surface area contributed by atoms with Gasteiger partial charge >= 0.3 is 0 Å². The van der Waals surface area contributed by atoms with Crippen LogP contribution in [0.15, 0.2) is 88.8 Å². The van der Waals surface area contributed by atoms with Crippen LogP contribution in [0.1, 0.15) is 18.9 Å². The van der Waals surface area contributed by atoms with Crippen molar-refractivity contribution < 1.29 is 17.5 Å². The second-order valence-electron chi connectivity index (χ2n) is 8.99. The van der Waals surface area contributed by atoms with E-state index in [-0.39, 0.29) is 40.3 Å². The van der Waals surface area contributed by atoms with Gasteiger partial charge < -0.3 is 10.5 Å². The Hall–Kier alpha value is -3.46. The summed E-state index contributed by atoms with van der Waals surface area (Å²) in [5.41, 5.74) is 7.04. The van der Waals surface area contributed by atoms with Gasteiger partial charge in [0.1, 0.15) is 17.1 Å². The summed E-state index contributed by atoms with van der Waals surface area (Å²) in [4.78, 5) is 0.101. The van der Waals surface area contributed by atoms with Gasteiger partial charge in [-0.25, -0.2) is 12.8 Å². The highest BCUT2D eigenvalue weighted by Crippen LogP contribution is 2.36. The lowest BCUT2D eigenvalue weighted by atomic mass is 10.1. The number of ether oxygens (including phenoxy) is 1. The fourth-order valence-electron chi connectivity index (χ4n) is 4.34. The van der Waals surface area contributed by atoms with Gasteiger partial charge in [-0.1, -0.05) is 60.1 Å². The molecule has 0 aliphatic carbocycles. The summed E-state index contributed by atoms with van der Waals surface area (Å²) in [5, 5.41) is 6.31. The molecule has 0 bridgehead atoms. The van der Waals surface area contributed by atoms with Crippen LogP contribution in [-0.2, 0) is 16.4 Å². The average Bonchev–Trinajstić information content (AvgIpc) is 3.22. The molecule has 1 heterocycles. The average molecular weight is 538 g/mol. The minimum atomic E-state index is -4.14. The lowest BCUT2D eigenvalue weighted by Crippen LogP contribution is -2.18. The second-order valence-corrected chi connectivity index (χ2v) is 11.3. The summed E-state index contributed by atoms with van der Waals surface area (Å²) in [6, 6.07) is 21.8. The van der Waals surface area contributed by atoms with Crippen LogP contribution < -0.4 is 10.5 Å². The molecule has 5 rings (SSSR count). The van der Waals surface area contributed by atoms with E-state index in [1.807, 2.05) is 31.2 Å². The van der Waals surface area contributed by atoms with Gasteiger partial charge in [0.25, 0.3) is 0 Å². The predicted molar refractivity (Wildman–Crippen MR) is 143 cm³/mol. The number of nitrogens with two attached hydrogens (primary N) is 1. The van der Waals surface area contributed by atoms with E-state index in [4.69, 9.17) is 22.1 Å². The zero-order valence-corrected chi connectivity index (χ0v) is 21.6. The zero-order valence-electron chi connectivity index (χ0n) is 20.1. The maximum atomic E-state index is 14.8. The first-order valence-electron chi connectivity index (χ1n) is 11.8. The van der Waals surface area contributed by atoms with Crippen molar-refractivity contribution in [2.45, 2.75) is 35.9 Å². The third-order valence-corrected chi connectivity index (χ3v) is 8.07. The van der Waals surface area contributed by atoms with Crippen molar-refractivity contribution in [1.82, 2.24) is 9.78 Å². The Bertz CT molecular complexity index is 1710. The molecular weight excluding hydrogens is 513 g/mol. The smallest absolute Gasteiger partial charge is 0.226 e. The molecule has 1 atom stereocenters. The molecule has 0 spiro atoms. The van der Waals surface area contributed by atoms with Crippen LogP contribution in [0.25, 0.3) is 21.7 Å². The maximum absolute atomic E-state index is 14.8. The fourth-order valence-corrected chi connectivity index (χ4v) is 6.14. The van der Waals surface area contributed by atoms with Crippen molar-refractivity contribution in [3.05, 3.63) is 95.3 Å². The summed E-state index contributed by atoms with van der Waals surface area (Å²) < 4.78 is 50.3. The molecular formula is C28H25ClFN3O3S. The standard InChI is InChI=1S/C28H25ClFN3O3S/c1-18(31)12-13-36-25-16-22(30)15-24-27(25)33(17-19-6-4-9-21(29)14-19)32-28(24)37(34,35)26-11-5-8-20-7-2-3-10-23(20)26/h2-11,14-16,18H,12-13,17,31H2,1H3. The van der Waals surface area contributed by atoms with Gasteiger partial charge in [0.15, 0.2) is 5.03 Å². The maximum Gasteiger partial charge on any atom is 0.226 e. The van der Waals surface area contributed by atoms with Crippen molar-refractivity contribution in [3.8, 4) is 5.75 Å². The Morgan fingerprint density at radius 1 is 1.03 bits per heavy atom. The molecule has 2 N–H and O–H groups in total. The quantitative estimate of drug-likeness (QED) is 0.263. The van der Waals surface area contributed by atoms with Crippen LogP contribution >= 0.6 is 11.6 Å². The summed E-state index contributed by atoms with van der Waals surface area (Å²) in [6.45, 7) is 2.30. The number of rotatable bonds is 8. The minimum Gasteiger partial charge on any atom is -0.491 e. The van der Waals surface area contributed by atoms with Crippen LogP contribution in [-0.4, -0.2) is 30.8 Å². The number of halogens is 2. The van der Waals surface area contributed by atoms with Gasteiger partial charge in [0.2, 0.25) is 9.84 Å². The summed E-state index contributed by atoms with van der Waals surface area (Å²) in [7, 11) is -4.14. The summed E-state index contributed by atoms with van der Waals surface area (Å²) in [6.07, 6.45) is 0.543. The van der Waals surface area contributed by atoms with Crippen LogP contribution in [0.3, 0.4) is 0 Å². The minimum absolute atomic E-state index is 0.101. The number of hydrogen-bond acceptors (Lipinski definition) is 5. The highest BCUT2D eigenvalue weighted by atomic mass is 35.5. The van der Waals surface area contributed by atoms with Crippen molar-refractivity contribution >= 4 is 43.1 Å². The van der Waals surface area contributed by atoms with Gasteiger partial charge in [-0.3, -0.25) is 4.68 Å². The topological polar surface area (TPSA) is 87.2 Å². The molecule has 1 unspecified atom stereocenters. The van der Waals surface area contributed by atoms with E-state index in [1.54, 1.807) is 42.5 Å². The molecule has 0 saturated heterocycles. The lowest BCUT2D eigenvalue weighted by molar-refractivity contribution is 0.301. The van der Waals surface area contributed by atoms with Gasteiger partial charge in [-0.15, -0.1) is 0 Å². The summed E-state index contributed by atoms with van der Waals surface area (Å²) >= 11 is 6.18. The molecule has 0 saturated carbocycles. The number of fused-ring (bicyclic) bond motifs is 2. The van der Waals surface area contributed by atoms with Crippen molar-refractivity contribution in [3.63, 3.8) is 0 Å². The summed E-state index contributed by atoms with van der Waals surface area (Å²) in [5.74, 6) is -0.426. The van der Waals surface area contributed by atoms with Gasteiger partial charge in [-0.05, 0) is 48.6 Å². The highest BCUT2D eigenvalue weighted by Gasteiger charge is 2.29. The molecule has 6 nitrogen and oxygen atoms in total. The Balaban J connectivity index is 1.73. The van der Waals surface area contributed by atoms with E-state index in [0.717, 1.165) is 10.9 Å². The monoisotopic (exact) mass is 537 g/mol.